The van der Waals surface area contributed by atoms with E-state index in [2.05, 4.69) is 11.8 Å². The first-order valence-corrected chi connectivity index (χ1v) is 9.85. The zero-order chi connectivity index (χ0) is 17.6. The first-order valence-electron chi connectivity index (χ1n) is 7.55. The van der Waals surface area contributed by atoms with Crippen LogP contribution in [0, 0.1) is 17.3 Å². The molecule has 0 amide bonds. The number of rotatable bonds is 4. The van der Waals surface area contributed by atoms with E-state index in [9.17, 15) is 8.42 Å². The Morgan fingerprint density at radius 1 is 0.958 bits per heavy atom. The lowest BCUT2D eigenvalue weighted by molar-refractivity contribution is 0.571. The van der Waals surface area contributed by atoms with E-state index in [1.807, 2.05) is 51.1 Å². The number of hydrogen-bond donors (Lipinski definition) is 0. The highest BCUT2D eigenvalue weighted by molar-refractivity contribution is 8.18. The second kappa shape index (κ2) is 7.74. The summed E-state index contributed by atoms with van der Waals surface area (Å²) in [5.41, 5.74) is -0.185. The third kappa shape index (κ3) is 5.30. The normalized spacial score (nSPS) is 12.4. The lowest BCUT2D eigenvalue weighted by Gasteiger charge is -2.09. The van der Waals surface area contributed by atoms with Crippen LogP contribution in [0.3, 0.4) is 0 Å². The minimum absolute atomic E-state index is 0.185. The van der Waals surface area contributed by atoms with E-state index in [1.54, 1.807) is 30.3 Å². The molecule has 0 saturated carbocycles. The molecule has 0 fully saturated rings. The second-order valence-electron chi connectivity index (χ2n) is 6.21. The first-order chi connectivity index (χ1) is 11.3. The Hall–Kier alpha value is -1.96. The largest absolute Gasteiger partial charge is 0.218 e. The molecule has 2 aromatic carbocycles. The van der Waals surface area contributed by atoms with Crippen LogP contribution in [0.25, 0.3) is 0 Å². The Bertz CT molecular complexity index is 864. The molecular formula is C20H20O2S2. The molecule has 0 aliphatic carbocycles. The van der Waals surface area contributed by atoms with Crippen LogP contribution in [-0.4, -0.2) is 8.42 Å². The Kier molecular flexibility index (Phi) is 5.93. The molecule has 0 aliphatic rings. The van der Waals surface area contributed by atoms with E-state index in [-0.39, 0.29) is 14.5 Å². The van der Waals surface area contributed by atoms with Crippen LogP contribution in [0.15, 0.2) is 80.8 Å². The molecule has 2 rings (SSSR count). The molecule has 2 aromatic rings. The summed E-state index contributed by atoms with van der Waals surface area (Å²) in [6.45, 7) is 5.97. The maximum atomic E-state index is 12.9. The van der Waals surface area contributed by atoms with Gasteiger partial charge >= 0.3 is 0 Å². The maximum absolute atomic E-state index is 12.9. The van der Waals surface area contributed by atoms with Gasteiger partial charge in [-0.15, -0.1) is 0 Å². The highest BCUT2D eigenvalue weighted by atomic mass is 32.3. The number of allylic oxidation sites excluding steroid dienone is 1. The van der Waals surface area contributed by atoms with Crippen LogP contribution in [0.1, 0.15) is 20.8 Å². The highest BCUT2D eigenvalue weighted by Gasteiger charge is 2.21. The van der Waals surface area contributed by atoms with Gasteiger partial charge in [0.05, 0.1) is 4.90 Å². The van der Waals surface area contributed by atoms with Gasteiger partial charge in [-0.25, -0.2) is 8.42 Å². The Balaban J connectivity index is 2.46. The average Bonchev–Trinajstić information content (AvgIpc) is 2.54. The predicted molar refractivity (Wildman–Crippen MR) is 101 cm³/mol. The minimum Gasteiger partial charge on any atom is -0.218 e. The fraction of sp³-hybridized carbons (Fsp3) is 0.200. The van der Waals surface area contributed by atoms with Gasteiger partial charge in [0.1, 0.15) is 4.24 Å². The second-order valence-corrected chi connectivity index (χ2v) is 9.51. The van der Waals surface area contributed by atoms with Gasteiger partial charge in [0.2, 0.25) is 9.84 Å². The molecule has 0 N–H and O–H groups in total. The third-order valence-electron chi connectivity index (χ3n) is 2.92. The van der Waals surface area contributed by atoms with Crippen LogP contribution in [0.4, 0.5) is 0 Å². The smallest absolute Gasteiger partial charge is 0.213 e. The van der Waals surface area contributed by atoms with Gasteiger partial charge in [-0.05, 0) is 45.0 Å². The summed E-state index contributed by atoms with van der Waals surface area (Å²) >= 11 is 1.21. The van der Waals surface area contributed by atoms with E-state index < -0.39 is 9.84 Å². The van der Waals surface area contributed by atoms with Gasteiger partial charge in [0.15, 0.2) is 0 Å². The zero-order valence-corrected chi connectivity index (χ0v) is 15.6. The molecule has 0 radical (unpaired) electrons. The molecular weight excluding hydrogens is 336 g/mol. The quantitative estimate of drug-likeness (QED) is 0.562. The van der Waals surface area contributed by atoms with Gasteiger partial charge in [-0.1, -0.05) is 60.0 Å². The minimum atomic E-state index is -3.60. The van der Waals surface area contributed by atoms with Crippen molar-refractivity contribution in [1.82, 2.24) is 0 Å². The van der Waals surface area contributed by atoms with Crippen molar-refractivity contribution in [1.29, 1.82) is 0 Å². The van der Waals surface area contributed by atoms with Gasteiger partial charge in [-0.3, -0.25) is 0 Å². The maximum Gasteiger partial charge on any atom is 0.213 e. The van der Waals surface area contributed by atoms with Crippen molar-refractivity contribution in [2.45, 2.75) is 30.6 Å². The standard InChI is InChI=1S/C20H20O2S2/c1-20(2,3)16-10-15-19(23-17-11-6-4-7-12-17)24(21,22)18-13-8-5-9-14-18/h4-9,11-15H,1-3H3/b19-15+. The summed E-state index contributed by atoms with van der Waals surface area (Å²) < 4.78 is 26.1. The monoisotopic (exact) mass is 356 g/mol. The molecule has 0 spiro atoms. The van der Waals surface area contributed by atoms with Crippen LogP contribution >= 0.6 is 11.8 Å². The van der Waals surface area contributed by atoms with Gasteiger partial charge in [0.25, 0.3) is 0 Å². The lowest BCUT2D eigenvalue weighted by atomic mass is 9.98. The number of benzene rings is 2. The molecule has 0 aromatic heterocycles. The van der Waals surface area contributed by atoms with Gasteiger partial charge in [0, 0.05) is 16.4 Å². The van der Waals surface area contributed by atoms with Crippen LogP contribution in [0.5, 0.6) is 0 Å². The van der Waals surface area contributed by atoms with Crippen molar-refractivity contribution in [2.75, 3.05) is 0 Å². The van der Waals surface area contributed by atoms with E-state index in [4.69, 9.17) is 0 Å². The molecule has 0 atom stereocenters. The van der Waals surface area contributed by atoms with Gasteiger partial charge < -0.3 is 0 Å². The number of hydrogen-bond acceptors (Lipinski definition) is 3. The molecule has 0 saturated heterocycles. The van der Waals surface area contributed by atoms with E-state index in [1.165, 1.54) is 17.8 Å². The predicted octanol–water partition coefficient (Wildman–Crippen LogP) is 5.14. The Morgan fingerprint density at radius 2 is 1.50 bits per heavy atom. The van der Waals surface area contributed by atoms with E-state index in [0.29, 0.717) is 0 Å². The summed E-state index contributed by atoms with van der Waals surface area (Å²) in [6.07, 6.45) is 1.51. The molecule has 24 heavy (non-hydrogen) atoms. The Labute approximate surface area is 148 Å². The fourth-order valence-corrected chi connectivity index (χ4v) is 4.42. The summed E-state index contributed by atoms with van der Waals surface area (Å²) in [5.74, 6) is 5.97. The summed E-state index contributed by atoms with van der Waals surface area (Å²) in [6, 6.07) is 17.9. The molecule has 0 aliphatic heterocycles. The van der Waals surface area contributed by atoms with Crippen molar-refractivity contribution in [2.24, 2.45) is 5.41 Å². The average molecular weight is 357 g/mol. The molecule has 2 nitrogen and oxygen atoms in total. The molecule has 0 bridgehead atoms. The van der Waals surface area contributed by atoms with Gasteiger partial charge in [-0.2, -0.15) is 0 Å². The molecule has 0 heterocycles. The number of sulfone groups is 1. The highest BCUT2D eigenvalue weighted by Crippen LogP contribution is 2.34. The lowest BCUT2D eigenvalue weighted by Crippen LogP contribution is -2.03. The molecule has 0 unspecified atom stereocenters. The summed E-state index contributed by atoms with van der Waals surface area (Å²) in [5, 5.41) is 0. The number of thioether (sulfide) groups is 1. The van der Waals surface area contributed by atoms with E-state index >= 15 is 0 Å². The SMILES string of the molecule is CC(C)(C)C#C/C=C(\Sc1ccccc1)S(=O)(=O)c1ccccc1. The molecule has 124 valence electrons. The van der Waals surface area contributed by atoms with Crippen molar-refractivity contribution < 1.29 is 8.42 Å². The Morgan fingerprint density at radius 3 is 2.04 bits per heavy atom. The van der Waals surface area contributed by atoms with Crippen molar-refractivity contribution in [3.05, 3.63) is 71.0 Å². The summed E-state index contributed by atoms with van der Waals surface area (Å²) in [7, 11) is -3.60. The third-order valence-corrected chi connectivity index (χ3v) is 6.19. The molecule has 4 heteroatoms. The fourth-order valence-electron chi connectivity index (χ4n) is 1.79. The zero-order valence-electron chi connectivity index (χ0n) is 14.0. The van der Waals surface area contributed by atoms with E-state index in [0.717, 1.165) is 4.90 Å². The van der Waals surface area contributed by atoms with Crippen LogP contribution < -0.4 is 0 Å². The topological polar surface area (TPSA) is 34.1 Å². The van der Waals surface area contributed by atoms with Crippen molar-refractivity contribution in [3.8, 4) is 11.8 Å². The van der Waals surface area contributed by atoms with Crippen LogP contribution in [-0.2, 0) is 9.84 Å². The van der Waals surface area contributed by atoms with Crippen molar-refractivity contribution in [3.63, 3.8) is 0 Å². The van der Waals surface area contributed by atoms with Crippen LogP contribution in [0.2, 0.25) is 0 Å². The first kappa shape index (κ1) is 18.4. The summed E-state index contributed by atoms with van der Waals surface area (Å²) in [4.78, 5) is 1.14. The van der Waals surface area contributed by atoms with Crippen molar-refractivity contribution >= 4 is 21.6 Å².